The Balaban J connectivity index is 1.77. The Morgan fingerprint density at radius 3 is 2.59 bits per heavy atom. The van der Waals surface area contributed by atoms with Crippen LogP contribution in [0, 0.1) is 5.82 Å². The molecule has 0 aliphatic carbocycles. The van der Waals surface area contributed by atoms with Crippen molar-refractivity contribution in [3.8, 4) is 5.69 Å². The molecule has 2 aromatic carbocycles. The van der Waals surface area contributed by atoms with Crippen LogP contribution in [0.4, 0.5) is 23.4 Å². The molecule has 0 aliphatic rings. The number of rotatable bonds is 5. The van der Waals surface area contributed by atoms with Crippen molar-refractivity contribution in [3.05, 3.63) is 89.1 Å². The summed E-state index contributed by atoms with van der Waals surface area (Å²) >= 11 is 0. The molecule has 2 N–H and O–H groups in total. The predicted octanol–water partition coefficient (Wildman–Crippen LogP) is 4.90. The second-order valence-corrected chi connectivity index (χ2v) is 7.56. The molecule has 11 heteroatoms. The first-order valence-corrected chi connectivity index (χ1v) is 10.2. The van der Waals surface area contributed by atoms with E-state index in [1.807, 2.05) is 0 Å². The van der Waals surface area contributed by atoms with E-state index in [0.717, 1.165) is 10.6 Å². The van der Waals surface area contributed by atoms with E-state index in [9.17, 15) is 22.4 Å². The second-order valence-electron chi connectivity index (χ2n) is 7.56. The zero-order valence-electron chi connectivity index (χ0n) is 17.3. The number of fused-ring (bicyclic) bond motifs is 2. The van der Waals surface area contributed by atoms with Crippen LogP contribution in [0.2, 0.25) is 0 Å². The highest BCUT2D eigenvalue weighted by molar-refractivity contribution is 5.87. The van der Waals surface area contributed by atoms with E-state index in [2.05, 4.69) is 25.3 Å². The number of H-pyrrole nitrogens is 1. The molecule has 1 atom stereocenters. The molecule has 3 heterocycles. The number of anilines is 1. The molecule has 0 saturated heterocycles. The average molecular weight is 468 g/mol. The molecule has 1 unspecified atom stereocenters. The van der Waals surface area contributed by atoms with Crippen molar-refractivity contribution in [2.45, 2.75) is 18.6 Å². The molecule has 5 rings (SSSR count). The Kier molecular flexibility index (Phi) is 5.23. The maximum absolute atomic E-state index is 14.6. The minimum Gasteiger partial charge on any atom is -0.359 e. The molecular formula is C23H16F4N6O. The third-order valence-electron chi connectivity index (χ3n) is 5.30. The number of halogens is 4. The molecule has 0 aliphatic heterocycles. The van der Waals surface area contributed by atoms with Crippen LogP contribution in [0.15, 0.2) is 71.9 Å². The van der Waals surface area contributed by atoms with Gasteiger partial charge in [-0.3, -0.25) is 9.36 Å². The van der Waals surface area contributed by atoms with Crippen LogP contribution in [0.25, 0.3) is 27.6 Å². The Bertz CT molecular complexity index is 1540. The molecule has 0 fully saturated rings. The minimum atomic E-state index is -4.61. The van der Waals surface area contributed by atoms with Gasteiger partial charge in [0.25, 0.3) is 5.56 Å². The lowest BCUT2D eigenvalue weighted by Crippen LogP contribution is -2.31. The van der Waals surface area contributed by atoms with E-state index in [0.29, 0.717) is 11.0 Å². The first kappa shape index (κ1) is 21.6. The zero-order valence-corrected chi connectivity index (χ0v) is 17.3. The molecule has 0 radical (unpaired) electrons. The molecular weight excluding hydrogens is 452 g/mol. The van der Waals surface area contributed by atoms with Crippen molar-refractivity contribution in [1.82, 2.24) is 24.5 Å². The van der Waals surface area contributed by atoms with E-state index < -0.39 is 30.0 Å². The summed E-state index contributed by atoms with van der Waals surface area (Å²) in [5, 5.41) is 2.95. The van der Waals surface area contributed by atoms with Crippen molar-refractivity contribution >= 4 is 27.8 Å². The highest BCUT2D eigenvalue weighted by atomic mass is 19.4. The maximum atomic E-state index is 14.6. The monoisotopic (exact) mass is 468 g/mol. The van der Waals surface area contributed by atoms with Crippen LogP contribution in [0.1, 0.15) is 18.3 Å². The van der Waals surface area contributed by atoms with Crippen molar-refractivity contribution in [1.29, 1.82) is 0 Å². The molecule has 0 amide bonds. The van der Waals surface area contributed by atoms with Gasteiger partial charge in [0, 0.05) is 6.20 Å². The molecule has 172 valence electrons. The summed E-state index contributed by atoms with van der Waals surface area (Å²) in [7, 11) is 0. The number of hydrogen-bond donors (Lipinski definition) is 2. The lowest BCUT2D eigenvalue weighted by atomic mass is 10.1. The van der Waals surface area contributed by atoms with Gasteiger partial charge in [0.1, 0.15) is 34.8 Å². The first-order chi connectivity index (χ1) is 16.3. The van der Waals surface area contributed by atoms with Gasteiger partial charge in [-0.1, -0.05) is 24.3 Å². The topological polar surface area (TPSA) is 88.5 Å². The summed E-state index contributed by atoms with van der Waals surface area (Å²) in [5.41, 5.74) is -0.177. The SMILES string of the molecule is O=c1c2c(F)cccc2nc(C(CC(F)(F)F)Nc2ncnc3[nH]ccc23)n1-c1ccccc1. The van der Waals surface area contributed by atoms with Gasteiger partial charge < -0.3 is 10.3 Å². The molecule has 7 nitrogen and oxygen atoms in total. The fourth-order valence-electron chi connectivity index (χ4n) is 3.86. The highest BCUT2D eigenvalue weighted by Crippen LogP contribution is 2.33. The normalized spacial score (nSPS) is 12.8. The molecule has 34 heavy (non-hydrogen) atoms. The molecule has 3 aromatic heterocycles. The maximum Gasteiger partial charge on any atom is 0.391 e. The first-order valence-electron chi connectivity index (χ1n) is 10.2. The third kappa shape index (κ3) is 3.96. The van der Waals surface area contributed by atoms with Crippen LogP contribution in [0.3, 0.4) is 0 Å². The number of aromatic nitrogens is 5. The van der Waals surface area contributed by atoms with Crippen LogP contribution in [-0.2, 0) is 0 Å². The van der Waals surface area contributed by atoms with Gasteiger partial charge in [-0.2, -0.15) is 13.2 Å². The quantitative estimate of drug-likeness (QED) is 0.358. The summed E-state index contributed by atoms with van der Waals surface area (Å²) in [4.78, 5) is 28.7. The lowest BCUT2D eigenvalue weighted by molar-refractivity contribution is -0.137. The number of benzene rings is 2. The number of nitrogens with one attached hydrogen (secondary N) is 2. The summed E-state index contributed by atoms with van der Waals surface area (Å²) < 4.78 is 56.7. The fourth-order valence-corrected chi connectivity index (χ4v) is 3.86. The summed E-state index contributed by atoms with van der Waals surface area (Å²) in [6.07, 6.45) is -3.18. The predicted molar refractivity (Wildman–Crippen MR) is 118 cm³/mol. The molecule has 0 saturated carbocycles. The largest absolute Gasteiger partial charge is 0.391 e. The Labute approximate surface area is 189 Å². The number of aromatic amines is 1. The van der Waals surface area contributed by atoms with Crippen molar-refractivity contribution < 1.29 is 17.6 Å². The average Bonchev–Trinajstić information content (AvgIpc) is 3.28. The van der Waals surface area contributed by atoms with Gasteiger partial charge in [0.05, 0.1) is 29.1 Å². The van der Waals surface area contributed by atoms with Crippen LogP contribution in [0.5, 0.6) is 0 Å². The van der Waals surface area contributed by atoms with Gasteiger partial charge >= 0.3 is 6.18 Å². The van der Waals surface area contributed by atoms with Crippen LogP contribution < -0.4 is 10.9 Å². The van der Waals surface area contributed by atoms with Crippen LogP contribution >= 0.6 is 0 Å². The van der Waals surface area contributed by atoms with Crippen molar-refractivity contribution in [2.75, 3.05) is 5.32 Å². The van der Waals surface area contributed by atoms with Crippen LogP contribution in [-0.4, -0.2) is 30.7 Å². The van der Waals surface area contributed by atoms with E-state index in [-0.39, 0.29) is 28.2 Å². The lowest BCUT2D eigenvalue weighted by Gasteiger charge is -2.24. The van der Waals surface area contributed by atoms with E-state index in [1.54, 1.807) is 42.6 Å². The highest BCUT2D eigenvalue weighted by Gasteiger charge is 2.36. The van der Waals surface area contributed by atoms with E-state index in [4.69, 9.17) is 0 Å². The fraction of sp³-hybridized carbons (Fsp3) is 0.130. The van der Waals surface area contributed by atoms with E-state index in [1.165, 1.54) is 18.5 Å². The van der Waals surface area contributed by atoms with Gasteiger partial charge in [-0.05, 0) is 30.3 Å². The molecule has 0 spiro atoms. The van der Waals surface area contributed by atoms with E-state index >= 15 is 0 Å². The zero-order chi connectivity index (χ0) is 23.9. The van der Waals surface area contributed by atoms with Crippen molar-refractivity contribution in [3.63, 3.8) is 0 Å². The third-order valence-corrected chi connectivity index (χ3v) is 5.30. The Morgan fingerprint density at radius 1 is 1.03 bits per heavy atom. The smallest absolute Gasteiger partial charge is 0.359 e. The summed E-state index contributed by atoms with van der Waals surface area (Å²) in [6.45, 7) is 0. The Hall–Kier alpha value is -4.28. The second kappa shape index (κ2) is 8.25. The summed E-state index contributed by atoms with van der Waals surface area (Å²) in [5.74, 6) is -0.904. The summed E-state index contributed by atoms with van der Waals surface area (Å²) in [6, 6.07) is 12.0. The van der Waals surface area contributed by atoms with Gasteiger partial charge in [-0.15, -0.1) is 0 Å². The Morgan fingerprint density at radius 2 is 1.82 bits per heavy atom. The standard InChI is InChI=1S/C23H16F4N6O/c24-15-7-4-8-16-18(15)22(34)33(13-5-2-1-3-6-13)21(32-16)17(11-23(25,26)27)31-20-14-9-10-28-19(14)29-12-30-20/h1-10,12,17H,11H2,(H2,28,29,30,31). The van der Waals surface area contributed by atoms with Gasteiger partial charge in [0.15, 0.2) is 0 Å². The number of nitrogens with zero attached hydrogens (tertiary/aromatic N) is 4. The van der Waals surface area contributed by atoms with Gasteiger partial charge in [-0.25, -0.2) is 19.3 Å². The van der Waals surface area contributed by atoms with Crippen molar-refractivity contribution in [2.24, 2.45) is 0 Å². The number of alkyl halides is 3. The van der Waals surface area contributed by atoms with Gasteiger partial charge in [0.2, 0.25) is 0 Å². The molecule has 0 bridgehead atoms. The molecule has 5 aromatic rings. The number of hydrogen-bond acceptors (Lipinski definition) is 5. The number of para-hydroxylation sites is 1. The minimum absolute atomic E-state index is 0.0457.